The molecule has 0 spiro atoms. The number of carbonyl (C=O) groups is 1. The number of rotatable bonds is 6. The van der Waals surface area contributed by atoms with E-state index in [2.05, 4.69) is 4.90 Å². The molecular weight excluding hydrogens is 288 g/mol. The maximum Gasteiger partial charge on any atom is 0.222 e. The van der Waals surface area contributed by atoms with E-state index in [0.717, 1.165) is 43.8 Å². The van der Waals surface area contributed by atoms with Crippen molar-refractivity contribution in [3.8, 4) is 0 Å². The lowest BCUT2D eigenvalue weighted by Gasteiger charge is -2.32. The van der Waals surface area contributed by atoms with Crippen molar-refractivity contribution < 1.29 is 9.90 Å². The number of likely N-dealkylation sites (tertiary alicyclic amines) is 2. The Morgan fingerprint density at radius 2 is 2.00 bits per heavy atom. The molecule has 0 radical (unpaired) electrons. The molecule has 0 aromatic carbocycles. The predicted molar refractivity (Wildman–Crippen MR) is 90.0 cm³/mol. The molecule has 2 saturated carbocycles. The predicted octanol–water partition coefficient (Wildman–Crippen LogP) is 2.26. The molecule has 2 aliphatic heterocycles. The molecular formula is C19H32N2O2. The SMILES string of the molecule is O=C1CCCN1CC(O)CN1CCCC1CC1CC2CCC1C2. The maximum absolute atomic E-state index is 11.7. The largest absolute Gasteiger partial charge is 0.390 e. The average molecular weight is 320 g/mol. The van der Waals surface area contributed by atoms with E-state index in [-0.39, 0.29) is 12.0 Å². The highest BCUT2D eigenvalue weighted by Gasteiger charge is 2.41. The highest BCUT2D eigenvalue weighted by Crippen LogP contribution is 2.50. The number of nitrogens with zero attached hydrogens (tertiary/aromatic N) is 2. The molecule has 4 rings (SSSR count). The second-order valence-corrected chi connectivity index (χ2v) is 8.56. The van der Waals surface area contributed by atoms with Crippen molar-refractivity contribution in [2.45, 2.75) is 69.9 Å². The molecule has 2 saturated heterocycles. The summed E-state index contributed by atoms with van der Waals surface area (Å²) in [5, 5.41) is 10.4. The lowest BCUT2D eigenvalue weighted by atomic mass is 9.83. The van der Waals surface area contributed by atoms with E-state index in [9.17, 15) is 9.90 Å². The van der Waals surface area contributed by atoms with Crippen molar-refractivity contribution in [1.82, 2.24) is 9.80 Å². The molecule has 4 aliphatic rings. The minimum absolute atomic E-state index is 0.226. The van der Waals surface area contributed by atoms with Gasteiger partial charge < -0.3 is 10.0 Å². The van der Waals surface area contributed by atoms with Crippen LogP contribution in [0.5, 0.6) is 0 Å². The lowest BCUT2D eigenvalue weighted by Crippen LogP contribution is -2.43. The van der Waals surface area contributed by atoms with Crippen LogP contribution in [0.4, 0.5) is 0 Å². The third-order valence-electron chi connectivity index (χ3n) is 7.01. The first-order valence-electron chi connectivity index (χ1n) is 9.89. The molecule has 23 heavy (non-hydrogen) atoms. The van der Waals surface area contributed by atoms with Gasteiger partial charge in [-0.3, -0.25) is 9.69 Å². The van der Waals surface area contributed by atoms with Crippen molar-refractivity contribution in [3.05, 3.63) is 0 Å². The third kappa shape index (κ3) is 3.43. The molecule has 0 aromatic rings. The minimum Gasteiger partial charge on any atom is -0.390 e. The van der Waals surface area contributed by atoms with Gasteiger partial charge in [0.2, 0.25) is 5.91 Å². The Balaban J connectivity index is 1.26. The molecule has 0 aromatic heterocycles. The number of hydrogen-bond donors (Lipinski definition) is 1. The normalized spacial score (nSPS) is 38.8. The zero-order valence-corrected chi connectivity index (χ0v) is 14.3. The van der Waals surface area contributed by atoms with Crippen LogP contribution in [0, 0.1) is 17.8 Å². The Labute approximate surface area is 140 Å². The molecule has 4 heteroatoms. The van der Waals surface area contributed by atoms with Gasteiger partial charge in [-0.1, -0.05) is 6.42 Å². The maximum atomic E-state index is 11.7. The average Bonchev–Trinajstić information content (AvgIpc) is 3.28. The number of aliphatic hydroxyl groups is 1. The third-order valence-corrected chi connectivity index (χ3v) is 7.01. The van der Waals surface area contributed by atoms with Gasteiger partial charge in [-0.05, 0) is 69.2 Å². The van der Waals surface area contributed by atoms with Crippen LogP contribution in [-0.2, 0) is 4.79 Å². The van der Waals surface area contributed by atoms with Crippen molar-refractivity contribution in [2.75, 3.05) is 26.2 Å². The molecule has 2 aliphatic carbocycles. The van der Waals surface area contributed by atoms with Gasteiger partial charge in [0.25, 0.3) is 0 Å². The Morgan fingerprint density at radius 1 is 1.09 bits per heavy atom. The molecule has 1 amide bonds. The van der Waals surface area contributed by atoms with E-state index in [0.29, 0.717) is 19.0 Å². The van der Waals surface area contributed by atoms with Crippen molar-refractivity contribution in [2.24, 2.45) is 17.8 Å². The molecule has 4 fully saturated rings. The van der Waals surface area contributed by atoms with Gasteiger partial charge in [-0.2, -0.15) is 0 Å². The minimum atomic E-state index is -0.377. The van der Waals surface area contributed by atoms with Gasteiger partial charge in [-0.15, -0.1) is 0 Å². The summed E-state index contributed by atoms with van der Waals surface area (Å²) in [6.45, 7) is 3.27. The summed E-state index contributed by atoms with van der Waals surface area (Å²) in [6.07, 6.45) is 11.1. The van der Waals surface area contributed by atoms with Crippen molar-refractivity contribution in [3.63, 3.8) is 0 Å². The number of hydrogen-bond acceptors (Lipinski definition) is 3. The van der Waals surface area contributed by atoms with E-state index in [1.165, 1.54) is 44.9 Å². The molecule has 4 nitrogen and oxygen atoms in total. The Kier molecular flexibility index (Phi) is 4.64. The topological polar surface area (TPSA) is 43.8 Å². The number of fused-ring (bicyclic) bond motifs is 2. The van der Waals surface area contributed by atoms with Crippen LogP contribution in [0.15, 0.2) is 0 Å². The van der Waals surface area contributed by atoms with Crippen LogP contribution in [0.3, 0.4) is 0 Å². The van der Waals surface area contributed by atoms with Gasteiger partial charge in [-0.25, -0.2) is 0 Å². The second-order valence-electron chi connectivity index (χ2n) is 8.56. The monoisotopic (exact) mass is 320 g/mol. The van der Waals surface area contributed by atoms with Crippen LogP contribution in [0.25, 0.3) is 0 Å². The van der Waals surface area contributed by atoms with E-state index in [4.69, 9.17) is 0 Å². The summed E-state index contributed by atoms with van der Waals surface area (Å²) in [4.78, 5) is 16.1. The van der Waals surface area contributed by atoms with Crippen LogP contribution in [0.1, 0.15) is 57.8 Å². The molecule has 130 valence electrons. The molecule has 5 unspecified atom stereocenters. The van der Waals surface area contributed by atoms with E-state index < -0.39 is 0 Å². The zero-order valence-electron chi connectivity index (χ0n) is 14.3. The van der Waals surface area contributed by atoms with Gasteiger partial charge in [0.15, 0.2) is 0 Å². The van der Waals surface area contributed by atoms with Gasteiger partial charge in [0.1, 0.15) is 0 Å². The standard InChI is InChI=1S/C19H32N2O2/c22-18(13-21-8-2-4-19(21)23)12-20-7-1-3-17(20)11-16-10-14-5-6-15(16)9-14/h14-18,22H,1-13H2. The van der Waals surface area contributed by atoms with Crippen LogP contribution < -0.4 is 0 Å². The fraction of sp³-hybridized carbons (Fsp3) is 0.947. The van der Waals surface area contributed by atoms with Gasteiger partial charge in [0, 0.05) is 32.1 Å². The van der Waals surface area contributed by atoms with Crippen LogP contribution in [-0.4, -0.2) is 59.1 Å². The smallest absolute Gasteiger partial charge is 0.222 e. The molecule has 2 heterocycles. The van der Waals surface area contributed by atoms with Gasteiger partial charge >= 0.3 is 0 Å². The van der Waals surface area contributed by atoms with Crippen molar-refractivity contribution >= 4 is 5.91 Å². The highest BCUT2D eigenvalue weighted by molar-refractivity contribution is 5.78. The number of aliphatic hydroxyl groups excluding tert-OH is 1. The summed E-state index contributed by atoms with van der Waals surface area (Å²) in [5.74, 6) is 3.22. The first kappa shape index (κ1) is 15.9. The number of amides is 1. The van der Waals surface area contributed by atoms with E-state index >= 15 is 0 Å². The van der Waals surface area contributed by atoms with Crippen LogP contribution >= 0.6 is 0 Å². The quantitative estimate of drug-likeness (QED) is 0.816. The highest BCUT2D eigenvalue weighted by atomic mass is 16.3. The summed E-state index contributed by atoms with van der Waals surface area (Å²) < 4.78 is 0. The zero-order chi connectivity index (χ0) is 15.8. The molecule has 2 bridgehead atoms. The Hall–Kier alpha value is -0.610. The number of β-amino-alcohol motifs (C(OH)–C–C–N with tert-alkyl or cyclic N) is 1. The second kappa shape index (κ2) is 6.72. The lowest BCUT2D eigenvalue weighted by molar-refractivity contribution is -0.129. The Morgan fingerprint density at radius 3 is 2.70 bits per heavy atom. The summed E-state index contributed by atoms with van der Waals surface area (Å²) in [5.41, 5.74) is 0. The van der Waals surface area contributed by atoms with Crippen molar-refractivity contribution in [1.29, 1.82) is 0 Å². The molecule has 5 atom stereocenters. The molecule has 1 N–H and O–H groups in total. The number of carbonyl (C=O) groups excluding carboxylic acids is 1. The van der Waals surface area contributed by atoms with Crippen LogP contribution in [0.2, 0.25) is 0 Å². The summed E-state index contributed by atoms with van der Waals surface area (Å²) >= 11 is 0. The van der Waals surface area contributed by atoms with Gasteiger partial charge in [0.05, 0.1) is 6.10 Å². The first-order chi connectivity index (χ1) is 11.2. The first-order valence-corrected chi connectivity index (χ1v) is 9.89. The van der Waals surface area contributed by atoms with E-state index in [1.54, 1.807) is 0 Å². The summed E-state index contributed by atoms with van der Waals surface area (Å²) in [6, 6.07) is 0.684. The Bertz CT molecular complexity index is 441. The summed E-state index contributed by atoms with van der Waals surface area (Å²) in [7, 11) is 0. The fourth-order valence-electron chi connectivity index (χ4n) is 5.90. The van der Waals surface area contributed by atoms with E-state index in [1.807, 2.05) is 4.90 Å². The fourth-order valence-corrected chi connectivity index (χ4v) is 5.90.